The lowest BCUT2D eigenvalue weighted by molar-refractivity contribution is -0.157. The number of halogens is 1. The van der Waals surface area contributed by atoms with Crippen LogP contribution < -0.4 is 15.3 Å². The van der Waals surface area contributed by atoms with Crippen LogP contribution in [-0.2, 0) is 25.5 Å². The number of hydrogen-bond acceptors (Lipinski definition) is 10. The Morgan fingerprint density at radius 3 is 2.52 bits per heavy atom. The fraction of sp³-hybridized carbons (Fsp3) is 0.419. The lowest BCUT2D eigenvalue weighted by Crippen LogP contribution is -2.64. The average Bonchev–Trinajstić information content (AvgIpc) is 3.02. The minimum absolute atomic E-state index is 0.0572. The van der Waals surface area contributed by atoms with E-state index >= 15 is 4.39 Å². The zero-order valence-corrected chi connectivity index (χ0v) is 26.4. The highest BCUT2D eigenvalue weighted by Crippen LogP contribution is 2.40. The van der Waals surface area contributed by atoms with Crippen LogP contribution in [0.2, 0.25) is 0 Å². The molecule has 1 aromatic carbocycles. The molecule has 0 radical (unpaired) electrons. The van der Waals surface area contributed by atoms with Crippen molar-refractivity contribution in [3.63, 3.8) is 0 Å². The van der Waals surface area contributed by atoms with Crippen molar-refractivity contribution in [2.75, 3.05) is 20.2 Å². The molecule has 1 aromatic heterocycles. The number of allylic oxidation sites excluding steroid dienone is 1. The molecule has 0 bridgehead atoms. The number of carbonyl (C=O) groups is 5. The number of urea groups is 1. The van der Waals surface area contributed by atoms with Crippen LogP contribution in [0.25, 0.3) is 0 Å². The van der Waals surface area contributed by atoms with Gasteiger partial charge in [0, 0.05) is 32.0 Å². The number of likely N-dealkylation sites (N-methyl/N-ethyl adjacent to an activating group) is 1. The minimum Gasteiger partial charge on any atom is -0.534 e. The smallest absolute Gasteiger partial charge is 0.534 e. The van der Waals surface area contributed by atoms with E-state index in [9.17, 15) is 39.3 Å². The van der Waals surface area contributed by atoms with Crippen molar-refractivity contribution in [3.8, 4) is 11.5 Å². The monoisotopic (exact) mass is 667 g/mol. The highest BCUT2D eigenvalue weighted by molar-refractivity contribution is 6.48. The van der Waals surface area contributed by atoms with E-state index in [-0.39, 0.29) is 48.1 Å². The highest BCUT2D eigenvalue weighted by atomic mass is 19.1. The molecular weight excluding hydrogens is 632 g/mol. The van der Waals surface area contributed by atoms with Gasteiger partial charge in [0.25, 0.3) is 0 Å². The first kappa shape index (κ1) is 34.2. The summed E-state index contributed by atoms with van der Waals surface area (Å²) < 4.78 is 27.2. The Balaban J connectivity index is 1.56. The first-order chi connectivity index (χ1) is 22.8. The summed E-state index contributed by atoms with van der Waals surface area (Å²) >= 11 is 0. The number of benzene rings is 1. The van der Waals surface area contributed by atoms with Crippen LogP contribution in [0.15, 0.2) is 41.7 Å². The standard InChI is InChI=1S/C31H35BFN5O10/c1-4-37-14-18(11-23(40)41)38(29(43)28(37)42)31(46)36-26(25-21(33)12-19(39)13-34-25)24(17-8-15(2)9-17)35-22-10-16-6-5-7-20(30(44)45)27(16)48-32(22)47-3/h5-7,12-13,15,18,22,26,35,39H,4,8-11,14H2,1-3H3,(H,36,46)(H,40,41)(H,44,45)/t15?,18-,22-,26?/m0/s1. The number of imide groups is 1. The van der Waals surface area contributed by atoms with Gasteiger partial charge in [0.1, 0.15) is 23.2 Å². The molecule has 3 heterocycles. The Hall–Kier alpha value is -5.19. The molecule has 3 atom stereocenters. The second kappa shape index (κ2) is 13.9. The highest BCUT2D eigenvalue weighted by Gasteiger charge is 2.45. The van der Waals surface area contributed by atoms with Crippen LogP contribution in [-0.4, -0.2) is 99.2 Å². The molecule has 254 valence electrons. The van der Waals surface area contributed by atoms with Gasteiger partial charge in [0.05, 0.1) is 30.2 Å². The van der Waals surface area contributed by atoms with Gasteiger partial charge in [-0.3, -0.25) is 24.3 Å². The minimum atomic E-state index is -1.43. The molecule has 1 saturated heterocycles. The number of amides is 4. The van der Waals surface area contributed by atoms with E-state index < -0.39 is 72.9 Å². The number of hydrogen-bond donors (Lipinski definition) is 5. The zero-order chi connectivity index (χ0) is 34.9. The number of aromatic nitrogens is 1. The fourth-order valence-electron chi connectivity index (χ4n) is 6.34. The van der Waals surface area contributed by atoms with Gasteiger partial charge in [-0.1, -0.05) is 19.1 Å². The molecule has 17 heteroatoms. The molecule has 3 aliphatic rings. The number of carboxylic acids is 2. The molecule has 5 rings (SSSR count). The van der Waals surface area contributed by atoms with E-state index in [1.54, 1.807) is 19.1 Å². The Bertz CT molecular complexity index is 1680. The lowest BCUT2D eigenvalue weighted by Gasteiger charge is -2.40. The van der Waals surface area contributed by atoms with Gasteiger partial charge in [-0.05, 0) is 49.3 Å². The Kier molecular flexibility index (Phi) is 9.88. The van der Waals surface area contributed by atoms with Crippen LogP contribution in [0.1, 0.15) is 60.8 Å². The third-order valence-electron chi connectivity index (χ3n) is 8.65. The molecule has 2 fully saturated rings. The van der Waals surface area contributed by atoms with Gasteiger partial charge >= 0.3 is 36.9 Å². The maximum Gasteiger partial charge on any atom is 0.549 e. The molecule has 1 saturated carbocycles. The molecule has 2 aliphatic heterocycles. The summed E-state index contributed by atoms with van der Waals surface area (Å²) in [6.45, 7) is 3.50. The molecule has 15 nitrogen and oxygen atoms in total. The number of aromatic hydroxyl groups is 1. The summed E-state index contributed by atoms with van der Waals surface area (Å²) in [5.74, 6) is -6.55. The van der Waals surface area contributed by atoms with Crippen molar-refractivity contribution in [1.29, 1.82) is 0 Å². The fourth-order valence-corrected chi connectivity index (χ4v) is 6.34. The summed E-state index contributed by atoms with van der Waals surface area (Å²) in [7, 11) is 0.328. The third kappa shape index (κ3) is 6.76. The van der Waals surface area contributed by atoms with Crippen LogP contribution in [0, 0.1) is 11.7 Å². The molecule has 1 aliphatic carbocycles. The number of rotatable bonds is 10. The number of aromatic carboxylic acids is 1. The van der Waals surface area contributed by atoms with E-state index in [1.807, 2.05) is 6.92 Å². The topological polar surface area (TPSA) is 208 Å². The number of carbonyl (C=O) groups excluding carboxylic acids is 3. The third-order valence-corrected chi connectivity index (χ3v) is 8.65. The van der Waals surface area contributed by atoms with E-state index in [0.29, 0.717) is 23.3 Å². The van der Waals surface area contributed by atoms with Crippen molar-refractivity contribution in [2.24, 2.45) is 5.92 Å². The average molecular weight is 667 g/mol. The molecule has 2 aromatic rings. The van der Waals surface area contributed by atoms with Crippen molar-refractivity contribution < 1.29 is 53.0 Å². The van der Waals surface area contributed by atoms with Crippen molar-refractivity contribution in [1.82, 2.24) is 25.4 Å². The van der Waals surface area contributed by atoms with Crippen LogP contribution in [0.3, 0.4) is 0 Å². The van der Waals surface area contributed by atoms with E-state index in [2.05, 4.69) is 15.6 Å². The second-order valence-electron chi connectivity index (χ2n) is 12.0. The quantitative estimate of drug-likeness (QED) is 0.182. The molecule has 1 unspecified atom stereocenters. The maximum absolute atomic E-state index is 15.6. The molecule has 48 heavy (non-hydrogen) atoms. The number of piperazine rings is 1. The maximum atomic E-state index is 15.6. The Labute approximate surface area is 274 Å². The number of fused-ring (bicyclic) bond motifs is 1. The Morgan fingerprint density at radius 1 is 1.19 bits per heavy atom. The van der Waals surface area contributed by atoms with Crippen molar-refractivity contribution in [3.05, 3.63) is 64.4 Å². The van der Waals surface area contributed by atoms with Crippen molar-refractivity contribution in [2.45, 2.75) is 57.6 Å². The predicted molar refractivity (Wildman–Crippen MR) is 165 cm³/mol. The zero-order valence-electron chi connectivity index (χ0n) is 26.4. The summed E-state index contributed by atoms with van der Waals surface area (Å²) in [6.07, 6.45) is 1.60. The van der Waals surface area contributed by atoms with Gasteiger partial charge in [0.2, 0.25) is 0 Å². The lowest BCUT2D eigenvalue weighted by atomic mass is 9.70. The number of nitrogens with zero attached hydrogens (tertiary/aromatic N) is 3. The van der Waals surface area contributed by atoms with Crippen LogP contribution in [0.5, 0.6) is 11.5 Å². The van der Waals surface area contributed by atoms with Crippen molar-refractivity contribution >= 4 is 36.9 Å². The van der Waals surface area contributed by atoms with Crippen LogP contribution in [0.4, 0.5) is 9.18 Å². The first-order valence-corrected chi connectivity index (χ1v) is 15.3. The number of aliphatic carboxylic acids is 1. The number of carboxylic acid groups (broad SMARTS) is 2. The van der Waals surface area contributed by atoms with Crippen LogP contribution >= 0.6 is 0 Å². The van der Waals surface area contributed by atoms with E-state index in [4.69, 9.17) is 9.31 Å². The Morgan fingerprint density at radius 2 is 1.92 bits per heavy atom. The van der Waals surface area contributed by atoms with Gasteiger partial charge in [0.15, 0.2) is 5.82 Å². The first-order valence-electron chi connectivity index (χ1n) is 15.3. The number of pyridine rings is 1. The SMILES string of the molecule is CCN1C[C@H](CC(=O)O)N(C(=O)NC(C(N[C@H]2Cc3cccc(C(=O)O)c3OB2OC)=C2CC(C)C2)c2ncc(O)cc2F)C(=O)C1=O. The summed E-state index contributed by atoms with van der Waals surface area (Å²) in [6, 6.07) is 1.68. The molecule has 4 amide bonds. The van der Waals surface area contributed by atoms with Gasteiger partial charge in [-0.15, -0.1) is 0 Å². The molecule has 5 N–H and O–H groups in total. The largest absolute Gasteiger partial charge is 0.549 e. The van der Waals surface area contributed by atoms with Gasteiger partial charge in [-0.2, -0.15) is 0 Å². The summed E-state index contributed by atoms with van der Waals surface area (Å²) in [5.41, 5.74) is 1.21. The number of nitrogens with one attached hydrogen (secondary N) is 2. The number of para-hydroxylation sites is 1. The van der Waals surface area contributed by atoms with Gasteiger partial charge < -0.3 is 40.2 Å². The van der Waals surface area contributed by atoms with Gasteiger partial charge in [-0.25, -0.2) is 14.0 Å². The van der Waals surface area contributed by atoms with E-state index in [1.165, 1.54) is 13.2 Å². The predicted octanol–water partition coefficient (Wildman–Crippen LogP) is 1.86. The summed E-state index contributed by atoms with van der Waals surface area (Å²) in [5, 5.41) is 35.1. The van der Waals surface area contributed by atoms with E-state index in [0.717, 1.165) is 22.7 Å². The molecular formula is C31H35BFN5O10. The summed E-state index contributed by atoms with van der Waals surface area (Å²) in [4.78, 5) is 69.3. The molecule has 0 spiro atoms. The normalized spacial score (nSPS) is 21.1. The second-order valence-corrected chi connectivity index (χ2v) is 12.0.